The second-order valence-electron chi connectivity index (χ2n) is 7.02. The van der Waals surface area contributed by atoms with Gasteiger partial charge in [-0.15, -0.1) is 10.2 Å². The van der Waals surface area contributed by atoms with E-state index in [-0.39, 0.29) is 0 Å². The second-order valence-corrected chi connectivity index (χ2v) is 7.96. The SMILES string of the molecule is Cc1nc2ccccc2nc1CSc1nnc(N2CCOCC2)n1C1CC1. The second kappa shape index (κ2) is 7.09. The summed E-state index contributed by atoms with van der Waals surface area (Å²) < 4.78 is 7.80. The van der Waals surface area contributed by atoms with Crippen molar-refractivity contribution in [1.82, 2.24) is 24.7 Å². The molecule has 0 atom stereocenters. The lowest BCUT2D eigenvalue weighted by Gasteiger charge is -2.27. The highest BCUT2D eigenvalue weighted by Gasteiger charge is 2.32. The van der Waals surface area contributed by atoms with Gasteiger partial charge in [-0.3, -0.25) is 4.57 Å². The van der Waals surface area contributed by atoms with Gasteiger partial charge in [-0.25, -0.2) is 9.97 Å². The normalized spacial score (nSPS) is 17.6. The number of benzene rings is 1. The summed E-state index contributed by atoms with van der Waals surface area (Å²) in [6.07, 6.45) is 2.41. The van der Waals surface area contributed by atoms with E-state index >= 15 is 0 Å². The van der Waals surface area contributed by atoms with Crippen molar-refractivity contribution in [2.75, 3.05) is 31.2 Å². The topological polar surface area (TPSA) is 69.0 Å². The summed E-state index contributed by atoms with van der Waals surface area (Å²) >= 11 is 1.70. The zero-order valence-corrected chi connectivity index (χ0v) is 16.2. The van der Waals surface area contributed by atoms with Crippen LogP contribution in [0.4, 0.5) is 5.95 Å². The van der Waals surface area contributed by atoms with E-state index in [9.17, 15) is 0 Å². The first-order valence-electron chi connectivity index (χ1n) is 9.42. The van der Waals surface area contributed by atoms with Crippen LogP contribution in [-0.2, 0) is 10.5 Å². The largest absolute Gasteiger partial charge is 0.378 e. The molecule has 2 aliphatic rings. The van der Waals surface area contributed by atoms with E-state index < -0.39 is 0 Å². The summed E-state index contributed by atoms with van der Waals surface area (Å²) in [6, 6.07) is 8.55. The van der Waals surface area contributed by atoms with Gasteiger partial charge in [0.2, 0.25) is 5.95 Å². The first-order chi connectivity index (χ1) is 13.3. The van der Waals surface area contributed by atoms with Crippen molar-refractivity contribution in [2.24, 2.45) is 0 Å². The van der Waals surface area contributed by atoms with Crippen LogP contribution in [0.5, 0.6) is 0 Å². The number of thioether (sulfide) groups is 1. The molecule has 1 saturated heterocycles. The number of para-hydroxylation sites is 2. The Morgan fingerprint density at radius 2 is 1.81 bits per heavy atom. The first kappa shape index (κ1) is 16.9. The van der Waals surface area contributed by atoms with Crippen LogP contribution in [0.2, 0.25) is 0 Å². The van der Waals surface area contributed by atoms with Crippen molar-refractivity contribution in [3.8, 4) is 0 Å². The van der Waals surface area contributed by atoms with Crippen LogP contribution >= 0.6 is 11.8 Å². The van der Waals surface area contributed by atoms with Crippen molar-refractivity contribution < 1.29 is 4.74 Å². The number of nitrogens with zero attached hydrogens (tertiary/aromatic N) is 6. The van der Waals surface area contributed by atoms with E-state index in [1.807, 2.05) is 31.2 Å². The Labute approximate surface area is 162 Å². The van der Waals surface area contributed by atoms with Gasteiger partial charge in [0.25, 0.3) is 0 Å². The summed E-state index contributed by atoms with van der Waals surface area (Å²) in [4.78, 5) is 11.8. The molecule has 0 unspecified atom stereocenters. The van der Waals surface area contributed by atoms with Crippen molar-refractivity contribution in [3.05, 3.63) is 35.7 Å². The summed E-state index contributed by atoms with van der Waals surface area (Å²) in [6.45, 7) is 5.30. The molecule has 1 saturated carbocycles. The predicted molar refractivity (Wildman–Crippen MR) is 105 cm³/mol. The van der Waals surface area contributed by atoms with Gasteiger partial charge < -0.3 is 9.64 Å². The molecule has 0 amide bonds. The Balaban J connectivity index is 1.40. The maximum atomic E-state index is 5.48. The van der Waals surface area contributed by atoms with E-state index in [1.165, 1.54) is 12.8 Å². The Bertz CT molecular complexity index is 964. The molecule has 3 aromatic rings. The highest BCUT2D eigenvalue weighted by molar-refractivity contribution is 7.98. The number of aromatic nitrogens is 5. The summed E-state index contributed by atoms with van der Waals surface area (Å²) in [5, 5.41) is 10.00. The fourth-order valence-electron chi connectivity index (χ4n) is 3.39. The Kier molecular flexibility index (Phi) is 4.45. The van der Waals surface area contributed by atoms with Crippen LogP contribution in [0.1, 0.15) is 30.3 Å². The molecule has 27 heavy (non-hydrogen) atoms. The van der Waals surface area contributed by atoms with Crippen molar-refractivity contribution in [3.63, 3.8) is 0 Å². The van der Waals surface area contributed by atoms with E-state index in [4.69, 9.17) is 14.7 Å². The van der Waals surface area contributed by atoms with E-state index in [1.54, 1.807) is 11.8 Å². The highest BCUT2D eigenvalue weighted by atomic mass is 32.2. The van der Waals surface area contributed by atoms with Crippen LogP contribution in [0.15, 0.2) is 29.4 Å². The fraction of sp³-hybridized carbons (Fsp3) is 0.474. The zero-order chi connectivity index (χ0) is 18.2. The number of rotatable bonds is 5. The third-order valence-corrected chi connectivity index (χ3v) is 5.99. The van der Waals surface area contributed by atoms with Gasteiger partial charge >= 0.3 is 0 Å². The lowest BCUT2D eigenvalue weighted by atomic mass is 10.2. The minimum atomic E-state index is 0.532. The molecule has 1 aliphatic carbocycles. The van der Waals surface area contributed by atoms with Crippen LogP contribution < -0.4 is 4.90 Å². The zero-order valence-electron chi connectivity index (χ0n) is 15.3. The molecule has 1 aliphatic heterocycles. The van der Waals surface area contributed by atoms with Gasteiger partial charge in [0.05, 0.1) is 35.6 Å². The van der Waals surface area contributed by atoms with Gasteiger partial charge in [-0.05, 0) is 31.9 Å². The monoisotopic (exact) mass is 382 g/mol. The number of ether oxygens (including phenoxy) is 1. The number of aryl methyl sites for hydroxylation is 1. The van der Waals surface area contributed by atoms with Gasteiger partial charge in [0.15, 0.2) is 5.16 Å². The molecular weight excluding hydrogens is 360 g/mol. The Morgan fingerprint density at radius 1 is 1.07 bits per heavy atom. The third kappa shape index (κ3) is 3.39. The number of anilines is 1. The van der Waals surface area contributed by atoms with Crippen LogP contribution in [-0.4, -0.2) is 51.0 Å². The average Bonchev–Trinajstić information content (AvgIpc) is 3.46. The maximum Gasteiger partial charge on any atom is 0.228 e. The molecule has 8 heteroatoms. The quantitative estimate of drug-likeness (QED) is 0.628. The fourth-order valence-corrected chi connectivity index (χ4v) is 4.40. The van der Waals surface area contributed by atoms with Crippen molar-refractivity contribution >= 4 is 28.7 Å². The van der Waals surface area contributed by atoms with Crippen LogP contribution in [0.3, 0.4) is 0 Å². The number of hydrogen-bond acceptors (Lipinski definition) is 7. The molecule has 0 radical (unpaired) electrons. The van der Waals surface area contributed by atoms with E-state index in [2.05, 4.69) is 19.7 Å². The van der Waals surface area contributed by atoms with Gasteiger partial charge in [-0.1, -0.05) is 23.9 Å². The molecule has 0 spiro atoms. The molecule has 140 valence electrons. The van der Waals surface area contributed by atoms with Gasteiger partial charge in [-0.2, -0.15) is 0 Å². The summed E-state index contributed by atoms with van der Waals surface area (Å²) in [7, 11) is 0. The minimum Gasteiger partial charge on any atom is -0.378 e. The number of fused-ring (bicyclic) bond motifs is 1. The molecule has 7 nitrogen and oxygen atoms in total. The first-order valence-corrected chi connectivity index (χ1v) is 10.4. The summed E-state index contributed by atoms with van der Waals surface area (Å²) in [5.41, 5.74) is 3.87. The van der Waals surface area contributed by atoms with Crippen LogP contribution in [0, 0.1) is 6.92 Å². The molecule has 3 heterocycles. The lowest BCUT2D eigenvalue weighted by Crippen LogP contribution is -2.38. The maximum absolute atomic E-state index is 5.48. The lowest BCUT2D eigenvalue weighted by molar-refractivity contribution is 0.121. The van der Waals surface area contributed by atoms with Gasteiger partial charge in [0, 0.05) is 24.9 Å². The molecule has 5 rings (SSSR count). The molecule has 0 bridgehead atoms. The molecular formula is C19H22N6OS. The van der Waals surface area contributed by atoms with Crippen molar-refractivity contribution in [1.29, 1.82) is 0 Å². The number of hydrogen-bond donors (Lipinski definition) is 0. The Hall–Kier alpha value is -2.19. The molecule has 0 N–H and O–H groups in total. The number of morpholine rings is 1. The molecule has 2 aromatic heterocycles. The van der Waals surface area contributed by atoms with E-state index in [0.717, 1.165) is 65.6 Å². The molecule has 2 fully saturated rings. The van der Waals surface area contributed by atoms with E-state index in [0.29, 0.717) is 6.04 Å². The van der Waals surface area contributed by atoms with Gasteiger partial charge in [0.1, 0.15) is 0 Å². The van der Waals surface area contributed by atoms with Crippen LogP contribution in [0.25, 0.3) is 11.0 Å². The minimum absolute atomic E-state index is 0.532. The summed E-state index contributed by atoms with van der Waals surface area (Å²) in [5.74, 6) is 1.74. The molecule has 1 aromatic carbocycles. The van der Waals surface area contributed by atoms with Crippen molar-refractivity contribution in [2.45, 2.75) is 36.7 Å². The highest BCUT2D eigenvalue weighted by Crippen LogP contribution is 2.41. The Morgan fingerprint density at radius 3 is 2.56 bits per heavy atom. The average molecular weight is 382 g/mol. The predicted octanol–water partition coefficient (Wildman–Crippen LogP) is 2.99. The third-order valence-electron chi connectivity index (χ3n) is 5.03. The standard InChI is InChI=1S/C19H22N6OS/c1-13-17(21-16-5-3-2-4-15(16)20-13)12-27-19-23-22-18(25(19)14-6-7-14)24-8-10-26-11-9-24/h2-5,14H,6-12H2,1H3. The smallest absolute Gasteiger partial charge is 0.228 e.